The maximum absolute atomic E-state index is 11.4. The molecule has 0 amide bonds. The van der Waals surface area contributed by atoms with Crippen LogP contribution in [0.15, 0.2) is 30.3 Å². The summed E-state index contributed by atoms with van der Waals surface area (Å²) in [4.78, 5) is 11.4. The number of esters is 1. The molecule has 0 aromatic heterocycles. The van der Waals surface area contributed by atoms with Gasteiger partial charge in [0.05, 0.1) is 0 Å². The van der Waals surface area contributed by atoms with Crippen molar-refractivity contribution in [1.82, 2.24) is 0 Å². The molecule has 90 valence electrons. The standard InChI is InChI=1S/C11H16N2O2.ClH/c1-11(13,8-12)10(14)15-7-9-5-3-2-4-6-9;/h2-6H,7-8,12-13H2,1H3;1H/t11-;/m0./s1. The number of carbonyl (C=O) groups is 1. The monoisotopic (exact) mass is 244 g/mol. The first kappa shape index (κ1) is 14.9. The number of carbonyl (C=O) groups excluding carboxylic acids is 1. The fourth-order valence-corrected chi connectivity index (χ4v) is 0.971. The first-order valence-electron chi connectivity index (χ1n) is 4.76. The molecule has 1 atom stereocenters. The summed E-state index contributed by atoms with van der Waals surface area (Å²) in [5.41, 5.74) is 10.8. The molecule has 0 saturated carbocycles. The molecule has 0 fully saturated rings. The van der Waals surface area contributed by atoms with E-state index in [1.54, 1.807) is 6.92 Å². The highest BCUT2D eigenvalue weighted by Gasteiger charge is 2.28. The van der Waals surface area contributed by atoms with Crippen LogP contribution in [-0.2, 0) is 16.1 Å². The SMILES string of the molecule is C[C@](N)(CN)C(=O)OCc1ccccc1.Cl. The number of ether oxygens (including phenoxy) is 1. The molecular weight excluding hydrogens is 228 g/mol. The summed E-state index contributed by atoms with van der Waals surface area (Å²) >= 11 is 0. The van der Waals surface area contributed by atoms with Gasteiger partial charge in [-0.2, -0.15) is 0 Å². The lowest BCUT2D eigenvalue weighted by Crippen LogP contribution is -2.52. The second kappa shape index (κ2) is 6.48. The van der Waals surface area contributed by atoms with Gasteiger partial charge in [0.1, 0.15) is 12.1 Å². The largest absolute Gasteiger partial charge is 0.459 e. The van der Waals surface area contributed by atoms with Gasteiger partial charge >= 0.3 is 5.97 Å². The van der Waals surface area contributed by atoms with Crippen LogP contribution in [0, 0.1) is 0 Å². The van der Waals surface area contributed by atoms with Crippen LogP contribution >= 0.6 is 12.4 Å². The van der Waals surface area contributed by atoms with Crippen molar-refractivity contribution in [2.75, 3.05) is 6.54 Å². The van der Waals surface area contributed by atoms with E-state index in [1.807, 2.05) is 30.3 Å². The van der Waals surface area contributed by atoms with Crippen molar-refractivity contribution >= 4 is 18.4 Å². The van der Waals surface area contributed by atoms with Crippen LogP contribution < -0.4 is 11.5 Å². The van der Waals surface area contributed by atoms with Crippen LogP contribution in [0.1, 0.15) is 12.5 Å². The van der Waals surface area contributed by atoms with Gasteiger partial charge in [-0.1, -0.05) is 30.3 Å². The average molecular weight is 245 g/mol. The number of nitrogens with two attached hydrogens (primary N) is 2. The molecule has 0 bridgehead atoms. The molecule has 0 spiro atoms. The molecule has 16 heavy (non-hydrogen) atoms. The molecule has 0 saturated heterocycles. The van der Waals surface area contributed by atoms with E-state index in [0.717, 1.165) is 5.56 Å². The topological polar surface area (TPSA) is 78.3 Å². The van der Waals surface area contributed by atoms with E-state index in [2.05, 4.69) is 0 Å². The summed E-state index contributed by atoms with van der Waals surface area (Å²) in [5.74, 6) is -0.478. The molecule has 0 aliphatic heterocycles. The molecule has 0 radical (unpaired) electrons. The third-order valence-corrected chi connectivity index (χ3v) is 2.10. The summed E-state index contributed by atoms with van der Waals surface area (Å²) in [6, 6.07) is 9.42. The molecule has 4 N–H and O–H groups in total. The molecule has 1 rings (SSSR count). The summed E-state index contributed by atoms with van der Waals surface area (Å²) in [5, 5.41) is 0. The van der Waals surface area contributed by atoms with Crippen molar-refractivity contribution in [2.24, 2.45) is 11.5 Å². The van der Waals surface area contributed by atoms with Crippen molar-refractivity contribution < 1.29 is 9.53 Å². The molecule has 1 aromatic rings. The van der Waals surface area contributed by atoms with Gasteiger partial charge in [0.25, 0.3) is 0 Å². The maximum atomic E-state index is 11.4. The van der Waals surface area contributed by atoms with Gasteiger partial charge in [-0.05, 0) is 12.5 Å². The number of hydrogen-bond donors (Lipinski definition) is 2. The van der Waals surface area contributed by atoms with Crippen LogP contribution in [0.2, 0.25) is 0 Å². The lowest BCUT2D eigenvalue weighted by atomic mass is 10.1. The second-order valence-electron chi connectivity index (χ2n) is 3.68. The first-order valence-corrected chi connectivity index (χ1v) is 4.76. The Bertz CT molecular complexity index is 328. The van der Waals surface area contributed by atoms with Gasteiger partial charge in [0, 0.05) is 6.54 Å². The van der Waals surface area contributed by atoms with Crippen LogP contribution in [0.25, 0.3) is 0 Å². The minimum Gasteiger partial charge on any atom is -0.459 e. The number of halogens is 1. The molecule has 0 unspecified atom stereocenters. The van der Waals surface area contributed by atoms with Crippen LogP contribution in [0.5, 0.6) is 0 Å². The van der Waals surface area contributed by atoms with E-state index in [9.17, 15) is 4.79 Å². The Hall–Kier alpha value is -1.10. The van der Waals surface area contributed by atoms with E-state index in [-0.39, 0.29) is 25.6 Å². The average Bonchev–Trinajstić information content (AvgIpc) is 2.27. The predicted octanol–water partition coefficient (Wildman–Crippen LogP) is 0.828. The summed E-state index contributed by atoms with van der Waals surface area (Å²) in [7, 11) is 0. The van der Waals surface area contributed by atoms with E-state index in [1.165, 1.54) is 0 Å². The minimum atomic E-state index is -1.10. The highest BCUT2D eigenvalue weighted by molar-refractivity contribution is 5.85. The molecule has 0 heterocycles. The summed E-state index contributed by atoms with van der Waals surface area (Å²) < 4.78 is 5.04. The Kier molecular flexibility index (Phi) is 6.03. The van der Waals surface area contributed by atoms with Crippen LogP contribution in [0.4, 0.5) is 0 Å². The Balaban J connectivity index is 0.00000225. The van der Waals surface area contributed by atoms with Crippen molar-refractivity contribution in [3.8, 4) is 0 Å². The smallest absolute Gasteiger partial charge is 0.327 e. The molecule has 5 heteroatoms. The third kappa shape index (κ3) is 4.18. The van der Waals surface area contributed by atoms with Crippen molar-refractivity contribution in [1.29, 1.82) is 0 Å². The first-order chi connectivity index (χ1) is 7.06. The normalized spacial score (nSPS) is 13.4. The lowest BCUT2D eigenvalue weighted by molar-refractivity contribution is -0.150. The van der Waals surface area contributed by atoms with E-state index < -0.39 is 11.5 Å². The predicted molar refractivity (Wildman–Crippen MR) is 65.1 cm³/mol. The summed E-state index contributed by atoms with van der Waals surface area (Å²) in [6.07, 6.45) is 0. The lowest BCUT2D eigenvalue weighted by Gasteiger charge is -2.20. The highest BCUT2D eigenvalue weighted by atomic mass is 35.5. The molecule has 0 aliphatic carbocycles. The number of rotatable bonds is 4. The fraction of sp³-hybridized carbons (Fsp3) is 0.364. The van der Waals surface area contributed by atoms with E-state index >= 15 is 0 Å². The zero-order valence-corrected chi connectivity index (χ0v) is 10.00. The van der Waals surface area contributed by atoms with E-state index in [4.69, 9.17) is 16.2 Å². The number of benzene rings is 1. The Labute approximate surface area is 101 Å². The van der Waals surface area contributed by atoms with Crippen LogP contribution in [-0.4, -0.2) is 18.1 Å². The molecule has 1 aromatic carbocycles. The van der Waals surface area contributed by atoms with Gasteiger partial charge in [-0.3, -0.25) is 4.79 Å². The van der Waals surface area contributed by atoms with Gasteiger partial charge in [-0.15, -0.1) is 12.4 Å². The molecule has 4 nitrogen and oxygen atoms in total. The highest BCUT2D eigenvalue weighted by Crippen LogP contribution is 2.05. The minimum absolute atomic E-state index is 0. The van der Waals surface area contributed by atoms with Crippen molar-refractivity contribution in [3.63, 3.8) is 0 Å². The van der Waals surface area contributed by atoms with Gasteiger partial charge in [0.2, 0.25) is 0 Å². The van der Waals surface area contributed by atoms with Gasteiger partial charge in [-0.25, -0.2) is 0 Å². The fourth-order valence-electron chi connectivity index (χ4n) is 0.971. The van der Waals surface area contributed by atoms with Crippen molar-refractivity contribution in [2.45, 2.75) is 19.1 Å². The van der Waals surface area contributed by atoms with Crippen LogP contribution in [0.3, 0.4) is 0 Å². The molecule has 0 aliphatic rings. The zero-order chi connectivity index (χ0) is 11.3. The quantitative estimate of drug-likeness (QED) is 0.769. The Morgan fingerprint density at radius 3 is 2.44 bits per heavy atom. The van der Waals surface area contributed by atoms with E-state index in [0.29, 0.717) is 0 Å². The number of hydrogen-bond acceptors (Lipinski definition) is 4. The zero-order valence-electron chi connectivity index (χ0n) is 9.18. The Morgan fingerprint density at radius 2 is 1.94 bits per heavy atom. The van der Waals surface area contributed by atoms with Gasteiger partial charge < -0.3 is 16.2 Å². The maximum Gasteiger partial charge on any atom is 0.327 e. The second-order valence-corrected chi connectivity index (χ2v) is 3.68. The third-order valence-electron chi connectivity index (χ3n) is 2.10. The van der Waals surface area contributed by atoms with Crippen molar-refractivity contribution in [3.05, 3.63) is 35.9 Å². The van der Waals surface area contributed by atoms with Gasteiger partial charge in [0.15, 0.2) is 0 Å². The summed E-state index contributed by atoms with van der Waals surface area (Å²) in [6.45, 7) is 1.85. The molecular formula is C11H17ClN2O2. The Morgan fingerprint density at radius 1 is 1.38 bits per heavy atom.